The second-order valence-corrected chi connectivity index (χ2v) is 7.27. The second kappa shape index (κ2) is 8.30. The van der Waals surface area contributed by atoms with Gasteiger partial charge in [-0.1, -0.05) is 25.7 Å². The van der Waals surface area contributed by atoms with E-state index in [1.165, 1.54) is 57.9 Å². The highest BCUT2D eigenvalue weighted by Crippen LogP contribution is 2.22. The van der Waals surface area contributed by atoms with Gasteiger partial charge in [0.15, 0.2) is 0 Å². The zero-order valence-corrected chi connectivity index (χ0v) is 14.0. The van der Waals surface area contributed by atoms with Crippen molar-refractivity contribution in [3.05, 3.63) is 0 Å². The summed E-state index contributed by atoms with van der Waals surface area (Å²) in [4.78, 5) is 16.6. The van der Waals surface area contributed by atoms with Crippen molar-refractivity contribution >= 4 is 5.91 Å². The lowest BCUT2D eigenvalue weighted by Gasteiger charge is -2.37. The van der Waals surface area contributed by atoms with Gasteiger partial charge in [-0.3, -0.25) is 9.69 Å². The third-order valence-corrected chi connectivity index (χ3v) is 5.59. The summed E-state index contributed by atoms with van der Waals surface area (Å²) in [7, 11) is 0. The van der Waals surface area contributed by atoms with Gasteiger partial charge >= 0.3 is 0 Å². The molecular weight excluding hydrogens is 276 g/mol. The van der Waals surface area contributed by atoms with Crippen molar-refractivity contribution in [2.45, 2.75) is 76.4 Å². The number of amides is 1. The molecule has 3 fully saturated rings. The SMILES string of the molecule is O=C1CCCN1[C@@H]1CCCN(CCOC2CCCCCC2)C1. The summed E-state index contributed by atoms with van der Waals surface area (Å²) in [5, 5.41) is 0. The Morgan fingerprint density at radius 3 is 2.50 bits per heavy atom. The zero-order chi connectivity index (χ0) is 15.2. The number of nitrogens with zero attached hydrogens (tertiary/aromatic N) is 2. The average Bonchev–Trinajstić information content (AvgIpc) is 2.80. The van der Waals surface area contributed by atoms with Gasteiger partial charge in [-0.15, -0.1) is 0 Å². The summed E-state index contributed by atoms with van der Waals surface area (Å²) in [6.07, 6.45) is 12.7. The van der Waals surface area contributed by atoms with Crippen LogP contribution in [-0.4, -0.2) is 60.6 Å². The predicted molar refractivity (Wildman–Crippen MR) is 87.9 cm³/mol. The van der Waals surface area contributed by atoms with Crippen LogP contribution >= 0.6 is 0 Å². The molecule has 0 aromatic rings. The van der Waals surface area contributed by atoms with E-state index in [4.69, 9.17) is 4.74 Å². The molecule has 22 heavy (non-hydrogen) atoms. The lowest BCUT2D eigenvalue weighted by molar-refractivity contribution is -0.130. The number of carbonyl (C=O) groups is 1. The summed E-state index contributed by atoms with van der Waals surface area (Å²) in [6, 6.07) is 0.460. The van der Waals surface area contributed by atoms with Crippen LogP contribution in [0.1, 0.15) is 64.2 Å². The molecule has 0 unspecified atom stereocenters. The molecule has 0 bridgehead atoms. The highest BCUT2D eigenvalue weighted by atomic mass is 16.5. The van der Waals surface area contributed by atoms with Crippen LogP contribution in [0, 0.1) is 0 Å². The summed E-state index contributed by atoms with van der Waals surface area (Å²) >= 11 is 0. The molecule has 2 heterocycles. The van der Waals surface area contributed by atoms with E-state index >= 15 is 0 Å². The molecule has 2 aliphatic heterocycles. The van der Waals surface area contributed by atoms with E-state index in [9.17, 15) is 4.79 Å². The molecule has 1 aliphatic carbocycles. The van der Waals surface area contributed by atoms with E-state index in [1.54, 1.807) is 0 Å². The Morgan fingerprint density at radius 1 is 0.955 bits per heavy atom. The lowest BCUT2D eigenvalue weighted by Crippen LogP contribution is -2.49. The third-order valence-electron chi connectivity index (χ3n) is 5.59. The van der Waals surface area contributed by atoms with Gasteiger partial charge in [-0.25, -0.2) is 0 Å². The molecule has 3 aliphatic rings. The van der Waals surface area contributed by atoms with Crippen molar-refractivity contribution in [2.75, 3.05) is 32.8 Å². The van der Waals surface area contributed by atoms with Gasteiger partial charge in [0.1, 0.15) is 0 Å². The Hall–Kier alpha value is -0.610. The molecule has 1 atom stereocenters. The van der Waals surface area contributed by atoms with Gasteiger partial charge in [0.25, 0.3) is 0 Å². The van der Waals surface area contributed by atoms with E-state index in [-0.39, 0.29) is 0 Å². The predicted octanol–water partition coefficient (Wildman–Crippen LogP) is 2.81. The third kappa shape index (κ3) is 4.45. The van der Waals surface area contributed by atoms with Crippen LogP contribution in [0.5, 0.6) is 0 Å². The fourth-order valence-electron chi connectivity index (χ4n) is 4.30. The van der Waals surface area contributed by atoms with Gasteiger partial charge in [-0.2, -0.15) is 0 Å². The lowest BCUT2D eigenvalue weighted by atomic mass is 10.0. The Morgan fingerprint density at radius 2 is 1.77 bits per heavy atom. The van der Waals surface area contributed by atoms with Crippen molar-refractivity contribution < 1.29 is 9.53 Å². The number of hydrogen-bond acceptors (Lipinski definition) is 3. The van der Waals surface area contributed by atoms with E-state index in [2.05, 4.69) is 9.80 Å². The molecule has 1 saturated carbocycles. The Balaban J connectivity index is 1.38. The van der Waals surface area contributed by atoms with Crippen molar-refractivity contribution in [2.24, 2.45) is 0 Å². The first-order chi connectivity index (χ1) is 10.8. The first kappa shape index (κ1) is 16.3. The Kier molecular flexibility index (Phi) is 6.13. The minimum absolute atomic E-state index is 0.376. The average molecular weight is 308 g/mol. The Labute approximate surface area is 135 Å². The highest BCUT2D eigenvalue weighted by Gasteiger charge is 2.31. The molecule has 1 amide bonds. The molecular formula is C18H32N2O2. The van der Waals surface area contributed by atoms with Crippen molar-refractivity contribution in [3.63, 3.8) is 0 Å². The largest absolute Gasteiger partial charge is 0.377 e. The first-order valence-electron chi connectivity index (χ1n) is 9.46. The summed E-state index contributed by atoms with van der Waals surface area (Å²) in [6.45, 7) is 5.11. The van der Waals surface area contributed by atoms with Crippen LogP contribution in [0.3, 0.4) is 0 Å². The van der Waals surface area contributed by atoms with Gasteiger partial charge in [-0.05, 0) is 38.6 Å². The van der Waals surface area contributed by atoms with Gasteiger partial charge in [0, 0.05) is 32.1 Å². The molecule has 0 radical (unpaired) electrons. The van der Waals surface area contributed by atoms with Crippen LogP contribution in [-0.2, 0) is 9.53 Å². The number of likely N-dealkylation sites (tertiary alicyclic amines) is 2. The van der Waals surface area contributed by atoms with Crippen LogP contribution in [0.4, 0.5) is 0 Å². The van der Waals surface area contributed by atoms with Gasteiger partial charge in [0.2, 0.25) is 5.91 Å². The quantitative estimate of drug-likeness (QED) is 0.732. The summed E-state index contributed by atoms with van der Waals surface area (Å²) in [5.41, 5.74) is 0. The number of carbonyl (C=O) groups excluding carboxylic acids is 1. The molecule has 2 saturated heterocycles. The van der Waals surface area contributed by atoms with Crippen LogP contribution in [0.15, 0.2) is 0 Å². The molecule has 4 heteroatoms. The highest BCUT2D eigenvalue weighted by molar-refractivity contribution is 5.78. The molecule has 0 N–H and O–H groups in total. The van der Waals surface area contributed by atoms with Gasteiger partial charge < -0.3 is 9.64 Å². The Bertz CT molecular complexity index is 353. The molecule has 126 valence electrons. The van der Waals surface area contributed by atoms with Crippen molar-refractivity contribution in [1.82, 2.24) is 9.80 Å². The fourth-order valence-corrected chi connectivity index (χ4v) is 4.30. The number of piperidine rings is 1. The minimum atomic E-state index is 0.376. The first-order valence-corrected chi connectivity index (χ1v) is 9.46. The maximum atomic E-state index is 11.9. The van der Waals surface area contributed by atoms with Crippen molar-refractivity contribution in [3.8, 4) is 0 Å². The van der Waals surface area contributed by atoms with Crippen LogP contribution < -0.4 is 0 Å². The van der Waals surface area contributed by atoms with Crippen molar-refractivity contribution in [1.29, 1.82) is 0 Å². The maximum Gasteiger partial charge on any atom is 0.222 e. The number of rotatable bonds is 5. The van der Waals surface area contributed by atoms with Crippen LogP contribution in [0.2, 0.25) is 0 Å². The molecule has 3 rings (SSSR count). The maximum absolute atomic E-state index is 11.9. The minimum Gasteiger partial charge on any atom is -0.377 e. The van der Waals surface area contributed by atoms with E-state index < -0.39 is 0 Å². The standard InChI is InChI=1S/C18H32N2O2/c21-18-10-6-12-20(18)16-7-5-11-19(15-16)13-14-22-17-8-3-1-2-4-9-17/h16-17H,1-15H2/t16-/m1/s1. The van der Waals surface area contributed by atoms with Gasteiger partial charge in [0.05, 0.1) is 12.7 Å². The molecule has 0 aromatic heterocycles. The monoisotopic (exact) mass is 308 g/mol. The number of ether oxygens (including phenoxy) is 1. The normalized spacial score (nSPS) is 29.0. The molecule has 0 spiro atoms. The second-order valence-electron chi connectivity index (χ2n) is 7.27. The molecule has 4 nitrogen and oxygen atoms in total. The smallest absolute Gasteiger partial charge is 0.222 e. The topological polar surface area (TPSA) is 32.8 Å². The summed E-state index contributed by atoms with van der Waals surface area (Å²) < 4.78 is 6.13. The van der Waals surface area contributed by atoms with E-state index in [0.717, 1.165) is 39.1 Å². The van der Waals surface area contributed by atoms with Crippen LogP contribution in [0.25, 0.3) is 0 Å². The van der Waals surface area contributed by atoms with E-state index in [1.807, 2.05) is 0 Å². The number of hydrogen-bond donors (Lipinski definition) is 0. The van der Waals surface area contributed by atoms with E-state index in [0.29, 0.717) is 18.1 Å². The molecule has 0 aromatic carbocycles. The zero-order valence-electron chi connectivity index (χ0n) is 14.0. The fraction of sp³-hybridized carbons (Fsp3) is 0.944. The summed E-state index contributed by atoms with van der Waals surface area (Å²) in [5.74, 6) is 0.376.